The van der Waals surface area contributed by atoms with E-state index in [0.29, 0.717) is 0 Å². The molecule has 0 aliphatic carbocycles. The SMILES string of the molecule is CN1CC(=O)NS1(=O)=O. The number of nitrogens with zero attached hydrogens (tertiary/aromatic N) is 1. The van der Waals surface area contributed by atoms with E-state index in [0.717, 1.165) is 4.31 Å². The number of hydrogen-bond acceptors (Lipinski definition) is 3. The smallest absolute Gasteiger partial charge is 0.272 e. The van der Waals surface area contributed by atoms with Crippen LogP contribution in [-0.4, -0.2) is 32.2 Å². The highest BCUT2D eigenvalue weighted by molar-refractivity contribution is 7.88. The van der Waals surface area contributed by atoms with Crippen molar-refractivity contribution in [1.82, 2.24) is 9.03 Å². The molecular formula is C3H6N2O3S. The standard InChI is InChI=1S/C3H6N2O3S/c1-5-2-3(6)4-9(5,7)8/h2H2,1H3,(H,4,6). The normalized spacial score (nSPS) is 26.1. The predicted octanol–water partition coefficient (Wildman–Crippen LogP) is -1.71. The second-order valence-electron chi connectivity index (χ2n) is 1.79. The summed E-state index contributed by atoms with van der Waals surface area (Å²) >= 11 is 0. The molecule has 1 N–H and O–H groups in total. The van der Waals surface area contributed by atoms with Crippen LogP contribution in [0.15, 0.2) is 0 Å². The molecule has 0 atom stereocenters. The fourth-order valence-electron chi connectivity index (χ4n) is 0.541. The van der Waals surface area contributed by atoms with E-state index in [4.69, 9.17) is 0 Å². The van der Waals surface area contributed by atoms with Gasteiger partial charge in [-0.2, -0.15) is 12.7 Å². The Hall–Kier alpha value is -0.620. The molecule has 9 heavy (non-hydrogen) atoms. The summed E-state index contributed by atoms with van der Waals surface area (Å²) in [5, 5.41) is 0. The largest absolute Gasteiger partial charge is 0.304 e. The lowest BCUT2D eigenvalue weighted by atomic mass is 10.6. The molecule has 1 amide bonds. The van der Waals surface area contributed by atoms with Gasteiger partial charge in [-0.15, -0.1) is 0 Å². The second-order valence-corrected chi connectivity index (χ2v) is 3.56. The highest BCUT2D eigenvalue weighted by atomic mass is 32.2. The maximum atomic E-state index is 10.6. The first-order valence-electron chi connectivity index (χ1n) is 2.29. The van der Waals surface area contributed by atoms with Crippen molar-refractivity contribution in [1.29, 1.82) is 0 Å². The summed E-state index contributed by atoms with van der Waals surface area (Å²) in [4.78, 5) is 10.3. The van der Waals surface area contributed by atoms with E-state index in [1.54, 1.807) is 4.72 Å². The van der Waals surface area contributed by atoms with Crippen molar-refractivity contribution in [3.63, 3.8) is 0 Å². The number of hydrogen-bond donors (Lipinski definition) is 1. The summed E-state index contributed by atoms with van der Waals surface area (Å²) in [5.41, 5.74) is 0. The third-order valence-electron chi connectivity index (χ3n) is 1.02. The average molecular weight is 150 g/mol. The Labute approximate surface area is 52.8 Å². The van der Waals surface area contributed by atoms with Crippen LogP contribution in [0.1, 0.15) is 0 Å². The molecule has 0 radical (unpaired) electrons. The van der Waals surface area contributed by atoms with Gasteiger partial charge in [0.05, 0.1) is 6.54 Å². The Balaban J connectivity index is 2.95. The molecule has 5 nitrogen and oxygen atoms in total. The van der Waals surface area contributed by atoms with E-state index in [1.165, 1.54) is 7.05 Å². The first kappa shape index (κ1) is 6.50. The molecule has 1 aliphatic rings. The van der Waals surface area contributed by atoms with Crippen LogP contribution in [-0.2, 0) is 15.0 Å². The van der Waals surface area contributed by atoms with Crippen LogP contribution in [0.3, 0.4) is 0 Å². The van der Waals surface area contributed by atoms with Crippen molar-refractivity contribution >= 4 is 16.1 Å². The van der Waals surface area contributed by atoms with E-state index in [1.807, 2.05) is 0 Å². The molecule has 1 saturated heterocycles. The molecule has 0 unspecified atom stereocenters. The fourth-order valence-corrected chi connectivity index (χ4v) is 1.34. The summed E-state index contributed by atoms with van der Waals surface area (Å²) in [6.07, 6.45) is 0. The zero-order chi connectivity index (χ0) is 7.07. The summed E-state index contributed by atoms with van der Waals surface area (Å²) in [6, 6.07) is 0. The van der Waals surface area contributed by atoms with Crippen molar-refractivity contribution in [2.75, 3.05) is 13.6 Å². The fraction of sp³-hybridized carbons (Fsp3) is 0.667. The molecule has 1 fully saturated rings. The molecule has 1 aliphatic heterocycles. The van der Waals surface area contributed by atoms with Gasteiger partial charge >= 0.3 is 10.2 Å². The van der Waals surface area contributed by atoms with Crippen molar-refractivity contribution in [2.45, 2.75) is 0 Å². The zero-order valence-electron chi connectivity index (χ0n) is 4.79. The van der Waals surface area contributed by atoms with E-state index < -0.39 is 16.1 Å². The summed E-state index contributed by atoms with van der Waals surface area (Å²) in [7, 11) is -2.10. The summed E-state index contributed by atoms with van der Waals surface area (Å²) in [6.45, 7) is -0.0671. The van der Waals surface area contributed by atoms with Gasteiger partial charge in [0.2, 0.25) is 5.91 Å². The number of carbonyl (C=O) groups is 1. The Kier molecular flexibility index (Phi) is 1.21. The minimum Gasteiger partial charge on any atom is -0.272 e. The molecule has 0 aromatic rings. The van der Waals surface area contributed by atoms with Crippen LogP contribution in [0.5, 0.6) is 0 Å². The van der Waals surface area contributed by atoms with E-state index >= 15 is 0 Å². The quantitative estimate of drug-likeness (QED) is 0.447. The van der Waals surface area contributed by atoms with Gasteiger partial charge in [-0.05, 0) is 0 Å². The lowest BCUT2D eigenvalue weighted by Gasteiger charge is -2.00. The molecule has 6 heteroatoms. The second kappa shape index (κ2) is 1.68. The van der Waals surface area contributed by atoms with Gasteiger partial charge in [0.25, 0.3) is 0 Å². The van der Waals surface area contributed by atoms with Gasteiger partial charge in [-0.3, -0.25) is 4.79 Å². The van der Waals surface area contributed by atoms with Crippen LogP contribution >= 0.6 is 0 Å². The van der Waals surface area contributed by atoms with Crippen molar-refractivity contribution in [3.8, 4) is 0 Å². The lowest BCUT2D eigenvalue weighted by molar-refractivity contribution is -0.118. The monoisotopic (exact) mass is 150 g/mol. The number of likely N-dealkylation sites (N-methyl/N-ethyl adjacent to an activating group) is 1. The average Bonchev–Trinajstić information content (AvgIpc) is 1.79. The first-order chi connectivity index (χ1) is 4.02. The van der Waals surface area contributed by atoms with Crippen molar-refractivity contribution in [2.24, 2.45) is 0 Å². The van der Waals surface area contributed by atoms with Crippen molar-refractivity contribution < 1.29 is 13.2 Å². The van der Waals surface area contributed by atoms with Crippen LogP contribution < -0.4 is 4.72 Å². The Morgan fingerprint density at radius 1 is 1.67 bits per heavy atom. The minimum atomic E-state index is -3.44. The summed E-state index contributed by atoms with van der Waals surface area (Å²) in [5.74, 6) is -0.475. The maximum Gasteiger partial charge on any atom is 0.304 e. The zero-order valence-corrected chi connectivity index (χ0v) is 5.60. The van der Waals surface area contributed by atoms with Crippen LogP contribution in [0.25, 0.3) is 0 Å². The molecule has 0 bridgehead atoms. The molecule has 0 aromatic heterocycles. The highest BCUT2D eigenvalue weighted by Gasteiger charge is 2.29. The molecule has 1 rings (SSSR count). The third-order valence-corrected chi connectivity index (χ3v) is 2.45. The molecule has 1 heterocycles. The van der Waals surface area contributed by atoms with Gasteiger partial charge in [-0.25, -0.2) is 4.72 Å². The maximum absolute atomic E-state index is 10.6. The van der Waals surface area contributed by atoms with Crippen LogP contribution in [0.2, 0.25) is 0 Å². The van der Waals surface area contributed by atoms with Crippen LogP contribution in [0.4, 0.5) is 0 Å². The summed E-state index contributed by atoms with van der Waals surface area (Å²) < 4.78 is 23.9. The number of carbonyl (C=O) groups excluding carboxylic acids is 1. The van der Waals surface area contributed by atoms with Gasteiger partial charge in [0.1, 0.15) is 0 Å². The lowest BCUT2D eigenvalue weighted by Crippen LogP contribution is -2.26. The number of nitrogens with one attached hydrogen (secondary N) is 1. The van der Waals surface area contributed by atoms with E-state index in [2.05, 4.69) is 0 Å². The minimum absolute atomic E-state index is 0.0671. The third kappa shape index (κ3) is 1.03. The van der Waals surface area contributed by atoms with Crippen molar-refractivity contribution in [3.05, 3.63) is 0 Å². The molecular weight excluding hydrogens is 144 g/mol. The Morgan fingerprint density at radius 3 is 2.33 bits per heavy atom. The number of amides is 1. The van der Waals surface area contributed by atoms with Gasteiger partial charge in [-0.1, -0.05) is 0 Å². The van der Waals surface area contributed by atoms with Gasteiger partial charge in [0, 0.05) is 7.05 Å². The topological polar surface area (TPSA) is 66.5 Å². The first-order valence-corrected chi connectivity index (χ1v) is 3.73. The predicted molar refractivity (Wildman–Crippen MR) is 29.7 cm³/mol. The molecule has 0 saturated carbocycles. The van der Waals surface area contributed by atoms with Crippen LogP contribution in [0, 0.1) is 0 Å². The molecule has 0 aromatic carbocycles. The highest BCUT2D eigenvalue weighted by Crippen LogP contribution is 1.99. The van der Waals surface area contributed by atoms with E-state index in [9.17, 15) is 13.2 Å². The molecule has 52 valence electrons. The van der Waals surface area contributed by atoms with Gasteiger partial charge < -0.3 is 0 Å². The van der Waals surface area contributed by atoms with E-state index in [-0.39, 0.29) is 6.54 Å². The number of rotatable bonds is 0. The Bertz CT molecular complexity index is 231. The molecule has 0 spiro atoms. The van der Waals surface area contributed by atoms with Gasteiger partial charge in [0.15, 0.2) is 0 Å². The Morgan fingerprint density at radius 2 is 2.22 bits per heavy atom.